The minimum atomic E-state index is -0.630. The van der Waals surface area contributed by atoms with Crippen LogP contribution in [0.15, 0.2) is 24.3 Å². The van der Waals surface area contributed by atoms with Gasteiger partial charge in [-0.25, -0.2) is 0 Å². The van der Waals surface area contributed by atoms with Crippen LogP contribution in [0.5, 0.6) is 0 Å². The third kappa shape index (κ3) is 3.33. The molecule has 0 aliphatic heterocycles. The van der Waals surface area contributed by atoms with Gasteiger partial charge in [0, 0.05) is 6.54 Å². The van der Waals surface area contributed by atoms with E-state index in [1.807, 2.05) is 0 Å². The molecule has 1 aromatic rings. The summed E-state index contributed by atoms with van der Waals surface area (Å²) in [7, 11) is 0. The Morgan fingerprint density at radius 2 is 2.28 bits per heavy atom. The molecule has 3 heteroatoms. The molecule has 1 fully saturated rings. The van der Waals surface area contributed by atoms with Gasteiger partial charge in [-0.15, -0.1) is 0 Å². The van der Waals surface area contributed by atoms with Crippen molar-refractivity contribution in [3.63, 3.8) is 0 Å². The Balaban J connectivity index is 1.80. The summed E-state index contributed by atoms with van der Waals surface area (Å²) in [6.45, 7) is 3.72. The van der Waals surface area contributed by atoms with Crippen LogP contribution in [0.1, 0.15) is 30.4 Å². The first-order valence-corrected chi connectivity index (χ1v) is 6.66. The van der Waals surface area contributed by atoms with Crippen LogP contribution in [-0.2, 0) is 11.3 Å². The predicted octanol–water partition coefficient (Wildman–Crippen LogP) is 2.59. The SMILES string of the molecule is Cc1cccc(CNCC2CCCC2C(=O)O)c1. The second-order valence-electron chi connectivity index (χ2n) is 5.26. The van der Waals surface area contributed by atoms with Gasteiger partial charge in [-0.1, -0.05) is 36.2 Å². The fourth-order valence-electron chi connectivity index (χ4n) is 2.83. The lowest BCUT2D eigenvalue weighted by Crippen LogP contribution is -2.28. The third-order valence-electron chi connectivity index (χ3n) is 3.79. The van der Waals surface area contributed by atoms with Crippen molar-refractivity contribution in [2.24, 2.45) is 11.8 Å². The van der Waals surface area contributed by atoms with Crippen molar-refractivity contribution in [2.45, 2.75) is 32.7 Å². The summed E-state index contributed by atoms with van der Waals surface area (Å²) < 4.78 is 0. The summed E-state index contributed by atoms with van der Waals surface area (Å²) in [5.41, 5.74) is 2.53. The molecule has 3 nitrogen and oxygen atoms in total. The van der Waals surface area contributed by atoms with E-state index in [2.05, 4.69) is 36.5 Å². The number of carboxylic acid groups (broad SMARTS) is 1. The number of aryl methyl sites for hydroxylation is 1. The van der Waals surface area contributed by atoms with Crippen LogP contribution in [0, 0.1) is 18.8 Å². The molecule has 1 aromatic carbocycles. The molecule has 98 valence electrons. The number of benzene rings is 1. The van der Waals surface area contributed by atoms with Gasteiger partial charge in [-0.3, -0.25) is 4.79 Å². The zero-order valence-electron chi connectivity index (χ0n) is 10.9. The molecular weight excluding hydrogens is 226 g/mol. The Bertz CT molecular complexity index is 417. The second kappa shape index (κ2) is 6.01. The standard InChI is InChI=1S/C15H21NO2/c1-11-4-2-5-12(8-11)9-16-10-13-6-3-7-14(13)15(17)18/h2,4-5,8,13-14,16H,3,6-7,9-10H2,1H3,(H,17,18). The lowest BCUT2D eigenvalue weighted by molar-refractivity contribution is -0.142. The fraction of sp³-hybridized carbons (Fsp3) is 0.533. The van der Waals surface area contributed by atoms with Crippen LogP contribution in [0.3, 0.4) is 0 Å². The average Bonchev–Trinajstić information content (AvgIpc) is 2.77. The number of carbonyl (C=O) groups is 1. The maximum Gasteiger partial charge on any atom is 0.306 e. The monoisotopic (exact) mass is 247 g/mol. The Morgan fingerprint density at radius 3 is 3.00 bits per heavy atom. The van der Waals surface area contributed by atoms with Gasteiger partial charge in [0.2, 0.25) is 0 Å². The average molecular weight is 247 g/mol. The van der Waals surface area contributed by atoms with Crippen LogP contribution < -0.4 is 5.32 Å². The van der Waals surface area contributed by atoms with Crippen molar-refractivity contribution in [1.29, 1.82) is 0 Å². The number of nitrogens with one attached hydrogen (secondary N) is 1. The highest BCUT2D eigenvalue weighted by Gasteiger charge is 2.32. The van der Waals surface area contributed by atoms with Crippen molar-refractivity contribution in [3.05, 3.63) is 35.4 Å². The summed E-state index contributed by atoms with van der Waals surface area (Å²) in [5.74, 6) is -0.475. The molecule has 2 rings (SSSR count). The lowest BCUT2D eigenvalue weighted by atomic mass is 9.96. The Hall–Kier alpha value is -1.35. The van der Waals surface area contributed by atoms with Crippen LogP contribution in [0.4, 0.5) is 0 Å². The summed E-state index contributed by atoms with van der Waals surface area (Å²) in [5, 5.41) is 12.5. The van der Waals surface area contributed by atoms with E-state index in [0.717, 1.165) is 32.4 Å². The highest BCUT2D eigenvalue weighted by molar-refractivity contribution is 5.70. The number of carboxylic acids is 1. The molecule has 0 radical (unpaired) electrons. The molecular formula is C15H21NO2. The summed E-state index contributed by atoms with van der Waals surface area (Å²) in [4.78, 5) is 11.1. The van der Waals surface area contributed by atoms with Crippen LogP contribution >= 0.6 is 0 Å². The molecule has 0 spiro atoms. The predicted molar refractivity (Wildman–Crippen MR) is 71.4 cm³/mol. The molecule has 18 heavy (non-hydrogen) atoms. The van der Waals surface area contributed by atoms with Gasteiger partial charge in [0.15, 0.2) is 0 Å². The largest absolute Gasteiger partial charge is 0.481 e. The van der Waals surface area contributed by atoms with Crippen LogP contribution in [-0.4, -0.2) is 17.6 Å². The highest BCUT2D eigenvalue weighted by Crippen LogP contribution is 2.31. The molecule has 0 amide bonds. The van der Waals surface area contributed by atoms with Crippen molar-refractivity contribution in [3.8, 4) is 0 Å². The zero-order valence-corrected chi connectivity index (χ0v) is 10.9. The quantitative estimate of drug-likeness (QED) is 0.840. The van der Waals surface area contributed by atoms with E-state index in [0.29, 0.717) is 5.92 Å². The number of hydrogen-bond acceptors (Lipinski definition) is 2. The van der Waals surface area contributed by atoms with Gasteiger partial charge in [-0.05, 0) is 37.8 Å². The maximum atomic E-state index is 11.1. The van der Waals surface area contributed by atoms with E-state index >= 15 is 0 Å². The Labute approximate surface area is 108 Å². The first kappa shape index (κ1) is 13.1. The molecule has 0 heterocycles. The number of aliphatic carboxylic acids is 1. The topological polar surface area (TPSA) is 49.3 Å². The molecule has 1 aliphatic carbocycles. The highest BCUT2D eigenvalue weighted by atomic mass is 16.4. The van der Waals surface area contributed by atoms with E-state index in [1.165, 1.54) is 11.1 Å². The summed E-state index contributed by atoms with van der Waals surface area (Å²) in [6, 6.07) is 8.41. The molecule has 2 atom stereocenters. The maximum absolute atomic E-state index is 11.1. The third-order valence-corrected chi connectivity index (χ3v) is 3.79. The lowest BCUT2D eigenvalue weighted by Gasteiger charge is -2.16. The molecule has 1 aliphatic rings. The molecule has 0 saturated heterocycles. The van der Waals surface area contributed by atoms with Crippen molar-refractivity contribution >= 4 is 5.97 Å². The minimum Gasteiger partial charge on any atom is -0.481 e. The van der Waals surface area contributed by atoms with E-state index in [1.54, 1.807) is 0 Å². The van der Waals surface area contributed by atoms with Crippen LogP contribution in [0.25, 0.3) is 0 Å². The number of hydrogen-bond donors (Lipinski definition) is 2. The van der Waals surface area contributed by atoms with E-state index < -0.39 is 5.97 Å². The van der Waals surface area contributed by atoms with E-state index in [-0.39, 0.29) is 5.92 Å². The Morgan fingerprint density at radius 1 is 1.44 bits per heavy atom. The zero-order chi connectivity index (χ0) is 13.0. The smallest absolute Gasteiger partial charge is 0.306 e. The van der Waals surface area contributed by atoms with Crippen molar-refractivity contribution in [1.82, 2.24) is 5.32 Å². The fourth-order valence-corrected chi connectivity index (χ4v) is 2.83. The molecule has 1 saturated carbocycles. The van der Waals surface area contributed by atoms with E-state index in [4.69, 9.17) is 5.11 Å². The molecule has 0 aromatic heterocycles. The summed E-state index contributed by atoms with van der Waals surface area (Å²) >= 11 is 0. The van der Waals surface area contributed by atoms with Crippen molar-refractivity contribution < 1.29 is 9.90 Å². The van der Waals surface area contributed by atoms with Gasteiger partial charge >= 0.3 is 5.97 Å². The van der Waals surface area contributed by atoms with Gasteiger partial charge < -0.3 is 10.4 Å². The molecule has 2 N–H and O–H groups in total. The van der Waals surface area contributed by atoms with E-state index in [9.17, 15) is 4.79 Å². The van der Waals surface area contributed by atoms with Gasteiger partial charge in [0.05, 0.1) is 5.92 Å². The first-order valence-electron chi connectivity index (χ1n) is 6.66. The van der Waals surface area contributed by atoms with Crippen LogP contribution in [0.2, 0.25) is 0 Å². The number of rotatable bonds is 5. The Kier molecular flexibility index (Phi) is 4.37. The van der Waals surface area contributed by atoms with Gasteiger partial charge in [0.1, 0.15) is 0 Å². The second-order valence-corrected chi connectivity index (χ2v) is 5.26. The first-order chi connectivity index (χ1) is 8.66. The van der Waals surface area contributed by atoms with Gasteiger partial charge in [0.25, 0.3) is 0 Å². The normalized spacial score (nSPS) is 23.2. The van der Waals surface area contributed by atoms with Crippen molar-refractivity contribution in [2.75, 3.05) is 6.54 Å². The molecule has 2 unspecified atom stereocenters. The van der Waals surface area contributed by atoms with Gasteiger partial charge in [-0.2, -0.15) is 0 Å². The molecule has 0 bridgehead atoms. The summed E-state index contributed by atoms with van der Waals surface area (Å²) in [6.07, 6.45) is 2.93. The minimum absolute atomic E-state index is 0.144.